The molecular formula is C23H25N3O. The first kappa shape index (κ1) is 17.5. The fourth-order valence-electron chi connectivity index (χ4n) is 3.68. The van der Waals surface area contributed by atoms with Gasteiger partial charge in [0.1, 0.15) is 0 Å². The number of carbonyl (C=O) groups is 1. The van der Waals surface area contributed by atoms with Crippen molar-refractivity contribution in [3.63, 3.8) is 0 Å². The van der Waals surface area contributed by atoms with Gasteiger partial charge in [-0.1, -0.05) is 60.7 Å². The number of hydrogen-bond acceptors (Lipinski definition) is 2. The largest absolute Gasteiger partial charge is 0.338 e. The lowest BCUT2D eigenvalue weighted by Crippen LogP contribution is -2.34. The van der Waals surface area contributed by atoms with Crippen LogP contribution in [0, 0.1) is 5.92 Å². The first-order valence-corrected chi connectivity index (χ1v) is 9.56. The van der Waals surface area contributed by atoms with E-state index in [9.17, 15) is 4.79 Å². The van der Waals surface area contributed by atoms with Crippen molar-refractivity contribution in [2.75, 3.05) is 6.54 Å². The third-order valence-electron chi connectivity index (χ3n) is 5.30. The van der Waals surface area contributed by atoms with Crippen molar-refractivity contribution in [1.29, 1.82) is 0 Å². The van der Waals surface area contributed by atoms with E-state index >= 15 is 0 Å². The zero-order chi connectivity index (χ0) is 18.6. The molecule has 0 radical (unpaired) electrons. The van der Waals surface area contributed by atoms with Crippen LogP contribution in [0.2, 0.25) is 0 Å². The summed E-state index contributed by atoms with van der Waals surface area (Å²) < 4.78 is 1.81. The molecule has 1 amide bonds. The second-order valence-corrected chi connectivity index (χ2v) is 7.38. The van der Waals surface area contributed by atoms with Gasteiger partial charge in [0, 0.05) is 32.3 Å². The Labute approximate surface area is 160 Å². The van der Waals surface area contributed by atoms with Crippen molar-refractivity contribution in [3.05, 3.63) is 89.7 Å². The first-order chi connectivity index (χ1) is 13.2. The molecule has 1 aliphatic rings. The molecule has 2 aromatic carbocycles. The zero-order valence-corrected chi connectivity index (χ0v) is 15.7. The van der Waals surface area contributed by atoms with Crippen LogP contribution in [0.5, 0.6) is 0 Å². The lowest BCUT2D eigenvalue weighted by atomic mass is 10.1. The monoisotopic (exact) mass is 359 g/mol. The Morgan fingerprint density at radius 1 is 1.07 bits per heavy atom. The lowest BCUT2D eigenvalue weighted by molar-refractivity contribution is -0.133. The summed E-state index contributed by atoms with van der Waals surface area (Å²) in [6, 6.07) is 20.6. The van der Waals surface area contributed by atoms with E-state index in [4.69, 9.17) is 0 Å². The molecule has 4 rings (SSSR count). The van der Waals surface area contributed by atoms with E-state index < -0.39 is 0 Å². The van der Waals surface area contributed by atoms with Gasteiger partial charge in [-0.15, -0.1) is 0 Å². The second-order valence-electron chi connectivity index (χ2n) is 7.38. The van der Waals surface area contributed by atoms with Crippen LogP contribution in [-0.4, -0.2) is 27.1 Å². The molecule has 138 valence electrons. The minimum Gasteiger partial charge on any atom is -0.338 e. The van der Waals surface area contributed by atoms with Gasteiger partial charge in [-0.05, 0) is 35.4 Å². The molecule has 1 saturated carbocycles. The van der Waals surface area contributed by atoms with E-state index in [0.717, 1.165) is 19.4 Å². The number of aromatic nitrogens is 2. The Hall–Kier alpha value is -2.88. The van der Waals surface area contributed by atoms with Crippen LogP contribution in [0.1, 0.15) is 29.0 Å². The van der Waals surface area contributed by atoms with Gasteiger partial charge in [0.05, 0.1) is 6.20 Å². The number of carbonyl (C=O) groups excluding carboxylic acids is 1. The quantitative estimate of drug-likeness (QED) is 0.644. The average Bonchev–Trinajstić information content (AvgIpc) is 3.39. The van der Waals surface area contributed by atoms with Crippen molar-refractivity contribution in [2.24, 2.45) is 13.0 Å². The van der Waals surface area contributed by atoms with Gasteiger partial charge in [-0.3, -0.25) is 9.48 Å². The Kier molecular flexibility index (Phi) is 5.05. The molecule has 2 unspecified atom stereocenters. The molecule has 0 spiro atoms. The predicted molar refractivity (Wildman–Crippen MR) is 106 cm³/mol. The van der Waals surface area contributed by atoms with Crippen LogP contribution in [0.15, 0.2) is 73.1 Å². The van der Waals surface area contributed by atoms with Crippen LogP contribution < -0.4 is 0 Å². The number of nitrogens with zero attached hydrogens (tertiary/aromatic N) is 3. The Morgan fingerprint density at radius 3 is 2.37 bits per heavy atom. The van der Waals surface area contributed by atoms with Gasteiger partial charge in [0.2, 0.25) is 5.91 Å². The van der Waals surface area contributed by atoms with Crippen molar-refractivity contribution in [2.45, 2.75) is 25.3 Å². The van der Waals surface area contributed by atoms with E-state index in [0.29, 0.717) is 12.5 Å². The van der Waals surface area contributed by atoms with Gasteiger partial charge in [0.25, 0.3) is 0 Å². The summed E-state index contributed by atoms with van der Waals surface area (Å²) in [5.74, 6) is 0.679. The SMILES string of the molecule is Cn1cc(C2CC2C(=O)N(CCc2ccccc2)Cc2ccccc2)cn1. The third kappa shape index (κ3) is 4.27. The molecule has 0 N–H and O–H groups in total. The van der Waals surface area contributed by atoms with Crippen molar-refractivity contribution in [1.82, 2.24) is 14.7 Å². The molecule has 27 heavy (non-hydrogen) atoms. The highest BCUT2D eigenvalue weighted by Crippen LogP contribution is 2.48. The van der Waals surface area contributed by atoms with E-state index in [1.54, 1.807) is 0 Å². The number of aryl methyl sites for hydroxylation is 1. The summed E-state index contributed by atoms with van der Waals surface area (Å²) in [5, 5.41) is 4.25. The highest BCUT2D eigenvalue weighted by atomic mass is 16.2. The summed E-state index contributed by atoms with van der Waals surface area (Å²) >= 11 is 0. The minimum absolute atomic E-state index is 0.0914. The average molecular weight is 359 g/mol. The standard InChI is InChI=1S/C23H25N3O/c1-25-17-20(15-24-25)21-14-22(21)23(27)26(16-19-10-6-3-7-11-19)13-12-18-8-4-2-5-9-18/h2-11,15,17,21-22H,12-14,16H2,1H3. The number of benzene rings is 2. The summed E-state index contributed by atoms with van der Waals surface area (Å²) in [4.78, 5) is 15.3. The molecule has 0 bridgehead atoms. The summed E-state index contributed by atoms with van der Waals surface area (Å²) in [5.41, 5.74) is 3.62. The summed E-state index contributed by atoms with van der Waals surface area (Å²) in [6.07, 6.45) is 5.73. The molecule has 1 aromatic heterocycles. The molecule has 2 atom stereocenters. The molecule has 0 aliphatic heterocycles. The van der Waals surface area contributed by atoms with Crippen LogP contribution in [0.25, 0.3) is 0 Å². The first-order valence-electron chi connectivity index (χ1n) is 9.56. The maximum Gasteiger partial charge on any atom is 0.226 e. The third-order valence-corrected chi connectivity index (χ3v) is 5.30. The topological polar surface area (TPSA) is 38.1 Å². The van der Waals surface area contributed by atoms with Crippen LogP contribution in [0.4, 0.5) is 0 Å². The van der Waals surface area contributed by atoms with Crippen LogP contribution in [-0.2, 0) is 24.8 Å². The molecule has 1 fully saturated rings. The number of amides is 1. The number of rotatable bonds is 7. The van der Waals surface area contributed by atoms with Gasteiger partial charge >= 0.3 is 0 Å². The Balaban J connectivity index is 1.46. The minimum atomic E-state index is 0.0914. The van der Waals surface area contributed by atoms with Crippen molar-refractivity contribution >= 4 is 5.91 Å². The lowest BCUT2D eigenvalue weighted by Gasteiger charge is -2.23. The molecule has 1 heterocycles. The van der Waals surface area contributed by atoms with Gasteiger partial charge in [0.15, 0.2) is 0 Å². The predicted octanol–water partition coefficient (Wildman–Crippen LogP) is 3.80. The molecule has 4 nitrogen and oxygen atoms in total. The molecule has 3 aromatic rings. The second kappa shape index (κ2) is 7.78. The maximum absolute atomic E-state index is 13.2. The Bertz CT molecular complexity index is 888. The highest BCUT2D eigenvalue weighted by molar-refractivity contribution is 5.83. The van der Waals surface area contributed by atoms with E-state index in [-0.39, 0.29) is 11.8 Å². The summed E-state index contributed by atoms with van der Waals surface area (Å²) in [6.45, 7) is 1.41. The van der Waals surface area contributed by atoms with Crippen molar-refractivity contribution in [3.8, 4) is 0 Å². The smallest absolute Gasteiger partial charge is 0.226 e. The normalized spacial score (nSPS) is 18.3. The van der Waals surface area contributed by atoms with Gasteiger partial charge in [-0.25, -0.2) is 0 Å². The molecule has 0 saturated heterocycles. The van der Waals surface area contributed by atoms with Gasteiger partial charge in [-0.2, -0.15) is 5.10 Å². The van der Waals surface area contributed by atoms with Crippen LogP contribution >= 0.6 is 0 Å². The summed E-state index contributed by atoms with van der Waals surface area (Å²) in [7, 11) is 1.92. The van der Waals surface area contributed by atoms with E-state index in [1.807, 2.05) is 53.3 Å². The number of hydrogen-bond donors (Lipinski definition) is 0. The van der Waals surface area contributed by atoms with Crippen molar-refractivity contribution < 1.29 is 4.79 Å². The fraction of sp³-hybridized carbons (Fsp3) is 0.304. The van der Waals surface area contributed by atoms with E-state index in [1.165, 1.54) is 16.7 Å². The zero-order valence-electron chi connectivity index (χ0n) is 15.7. The fourth-order valence-corrected chi connectivity index (χ4v) is 3.68. The van der Waals surface area contributed by atoms with Crippen LogP contribution in [0.3, 0.4) is 0 Å². The highest BCUT2D eigenvalue weighted by Gasteiger charge is 2.46. The van der Waals surface area contributed by atoms with Gasteiger partial charge < -0.3 is 4.90 Å². The molecule has 4 heteroatoms. The molecule has 1 aliphatic carbocycles. The Morgan fingerprint density at radius 2 is 1.74 bits per heavy atom. The van der Waals surface area contributed by atoms with E-state index in [2.05, 4.69) is 41.5 Å². The molecular weight excluding hydrogens is 334 g/mol. The maximum atomic E-state index is 13.2.